The van der Waals surface area contributed by atoms with Gasteiger partial charge >= 0.3 is 0 Å². The number of ether oxygens (including phenoxy) is 1. The van der Waals surface area contributed by atoms with E-state index < -0.39 is 6.10 Å². The van der Waals surface area contributed by atoms with E-state index in [1.54, 1.807) is 18.9 Å². The predicted octanol–water partition coefficient (Wildman–Crippen LogP) is 3.56. The van der Waals surface area contributed by atoms with Crippen molar-refractivity contribution in [3.8, 4) is 5.75 Å². The average Bonchev–Trinajstić information content (AvgIpc) is 2.71. The van der Waals surface area contributed by atoms with Gasteiger partial charge in [0, 0.05) is 9.79 Å². The van der Waals surface area contributed by atoms with Gasteiger partial charge in [0.15, 0.2) is 0 Å². The van der Waals surface area contributed by atoms with Crippen LogP contribution in [0.25, 0.3) is 0 Å². The van der Waals surface area contributed by atoms with Crippen molar-refractivity contribution in [2.24, 2.45) is 0 Å². The molecule has 0 aliphatic carbocycles. The quantitative estimate of drug-likeness (QED) is 0.832. The number of thioether (sulfide) groups is 2. The number of methoxy groups -OCH3 is 1. The summed E-state index contributed by atoms with van der Waals surface area (Å²) in [6, 6.07) is 13.4. The third-order valence-corrected chi connectivity index (χ3v) is 5.82. The minimum atomic E-state index is -1.11. The Hall–Kier alpha value is -1.63. The van der Waals surface area contributed by atoms with Crippen molar-refractivity contribution in [2.75, 3.05) is 18.7 Å². The summed E-state index contributed by atoms with van der Waals surface area (Å²) in [6.07, 6.45) is 0.876. The second-order valence-electron chi connectivity index (χ2n) is 5.11. The zero-order chi connectivity index (χ0) is 16.4. The maximum absolute atomic E-state index is 12.3. The van der Waals surface area contributed by atoms with Crippen molar-refractivity contribution in [3.05, 3.63) is 48.0 Å². The van der Waals surface area contributed by atoms with Gasteiger partial charge in [-0.1, -0.05) is 12.1 Å². The molecule has 3 rings (SSSR count). The van der Waals surface area contributed by atoms with E-state index in [0.717, 1.165) is 26.8 Å². The molecule has 1 aliphatic heterocycles. The second kappa shape index (κ2) is 6.86. The number of carbonyl (C=O) groups is 1. The molecule has 23 heavy (non-hydrogen) atoms. The number of benzene rings is 2. The first-order chi connectivity index (χ1) is 11.1. The summed E-state index contributed by atoms with van der Waals surface area (Å²) >= 11 is 3.11. The maximum atomic E-state index is 12.3. The smallest absolute Gasteiger partial charge is 0.254 e. The van der Waals surface area contributed by atoms with Gasteiger partial charge in [0.2, 0.25) is 0 Å². The SMILES string of the molecule is COc1ccc([C@@H]2Sc3ccc(SC)cc3NC(=O)[C@@H]2O)cc1. The normalized spacial score (nSPS) is 20.4. The van der Waals surface area contributed by atoms with Gasteiger partial charge in [-0.25, -0.2) is 0 Å². The van der Waals surface area contributed by atoms with E-state index >= 15 is 0 Å². The number of amides is 1. The van der Waals surface area contributed by atoms with Crippen LogP contribution in [0, 0.1) is 0 Å². The molecule has 120 valence electrons. The Kier molecular flexibility index (Phi) is 4.84. The van der Waals surface area contributed by atoms with Gasteiger partial charge in [-0.05, 0) is 42.2 Å². The lowest BCUT2D eigenvalue weighted by atomic mass is 10.1. The highest BCUT2D eigenvalue weighted by molar-refractivity contribution is 8.00. The monoisotopic (exact) mass is 347 g/mol. The van der Waals surface area contributed by atoms with Crippen LogP contribution in [0.2, 0.25) is 0 Å². The van der Waals surface area contributed by atoms with E-state index in [1.165, 1.54) is 11.8 Å². The van der Waals surface area contributed by atoms with Gasteiger partial charge < -0.3 is 15.2 Å². The fourth-order valence-electron chi connectivity index (χ4n) is 2.43. The fraction of sp³-hybridized carbons (Fsp3) is 0.235. The van der Waals surface area contributed by atoms with Gasteiger partial charge in [0.1, 0.15) is 11.9 Å². The molecule has 0 saturated carbocycles. The third kappa shape index (κ3) is 3.34. The Labute approximate surface area is 143 Å². The van der Waals surface area contributed by atoms with E-state index in [1.807, 2.05) is 48.7 Å². The van der Waals surface area contributed by atoms with Crippen LogP contribution in [0.5, 0.6) is 5.75 Å². The molecule has 4 nitrogen and oxygen atoms in total. The van der Waals surface area contributed by atoms with Crippen molar-refractivity contribution < 1.29 is 14.6 Å². The lowest BCUT2D eigenvalue weighted by Crippen LogP contribution is -2.30. The zero-order valence-corrected chi connectivity index (χ0v) is 14.4. The Morgan fingerprint density at radius 2 is 1.96 bits per heavy atom. The molecule has 2 aromatic rings. The van der Waals surface area contributed by atoms with Crippen LogP contribution in [-0.2, 0) is 4.79 Å². The minimum absolute atomic E-state index is 0.359. The Balaban J connectivity index is 1.97. The molecule has 0 aromatic heterocycles. The van der Waals surface area contributed by atoms with Crippen molar-refractivity contribution in [1.29, 1.82) is 0 Å². The Morgan fingerprint density at radius 3 is 2.61 bits per heavy atom. The fourth-order valence-corrected chi connectivity index (χ4v) is 4.07. The van der Waals surface area contributed by atoms with Crippen LogP contribution in [0.1, 0.15) is 10.8 Å². The number of carbonyl (C=O) groups excluding carboxylic acids is 1. The second-order valence-corrected chi connectivity index (χ2v) is 7.17. The third-order valence-electron chi connectivity index (χ3n) is 3.70. The maximum Gasteiger partial charge on any atom is 0.254 e. The number of aliphatic hydroxyl groups excluding tert-OH is 1. The van der Waals surface area contributed by atoms with Crippen LogP contribution in [-0.4, -0.2) is 30.5 Å². The molecule has 0 radical (unpaired) electrons. The molecule has 0 unspecified atom stereocenters. The molecule has 0 spiro atoms. The first-order valence-electron chi connectivity index (χ1n) is 7.10. The molecule has 0 saturated heterocycles. The average molecular weight is 347 g/mol. The summed E-state index contributed by atoms with van der Waals surface area (Å²) in [4.78, 5) is 14.3. The molecular weight excluding hydrogens is 330 g/mol. The van der Waals surface area contributed by atoms with Crippen molar-refractivity contribution >= 4 is 35.1 Å². The highest BCUT2D eigenvalue weighted by Gasteiger charge is 2.32. The highest BCUT2D eigenvalue weighted by Crippen LogP contribution is 2.44. The van der Waals surface area contributed by atoms with E-state index in [9.17, 15) is 9.90 Å². The number of nitrogens with one attached hydrogen (secondary N) is 1. The van der Waals surface area contributed by atoms with E-state index in [-0.39, 0.29) is 11.2 Å². The van der Waals surface area contributed by atoms with Crippen molar-refractivity contribution in [2.45, 2.75) is 21.1 Å². The van der Waals surface area contributed by atoms with Gasteiger partial charge in [0.05, 0.1) is 18.0 Å². The van der Waals surface area contributed by atoms with Crippen LogP contribution in [0.4, 0.5) is 5.69 Å². The summed E-state index contributed by atoms with van der Waals surface area (Å²) in [5.74, 6) is 0.367. The minimum Gasteiger partial charge on any atom is -0.497 e. The molecule has 1 aliphatic rings. The Morgan fingerprint density at radius 1 is 1.22 bits per heavy atom. The van der Waals surface area contributed by atoms with Crippen LogP contribution in [0.3, 0.4) is 0 Å². The standard InChI is InChI=1S/C17H17NO3S2/c1-21-11-5-3-10(4-6-11)16-15(19)17(20)18-13-9-12(22-2)7-8-14(13)23-16/h3-9,15-16,19H,1-2H3,(H,18,20)/t15-,16+/m1/s1. The lowest BCUT2D eigenvalue weighted by Gasteiger charge is -2.19. The zero-order valence-electron chi connectivity index (χ0n) is 12.8. The van der Waals surface area contributed by atoms with E-state index in [2.05, 4.69) is 5.32 Å². The lowest BCUT2D eigenvalue weighted by molar-refractivity contribution is -0.124. The van der Waals surface area contributed by atoms with Crippen LogP contribution < -0.4 is 10.1 Å². The van der Waals surface area contributed by atoms with E-state index in [0.29, 0.717) is 0 Å². The first-order valence-corrected chi connectivity index (χ1v) is 9.20. The topological polar surface area (TPSA) is 58.6 Å². The summed E-state index contributed by atoms with van der Waals surface area (Å²) in [7, 11) is 1.61. The number of hydrogen-bond acceptors (Lipinski definition) is 5. The largest absolute Gasteiger partial charge is 0.497 e. The number of fused-ring (bicyclic) bond motifs is 1. The number of aliphatic hydroxyl groups is 1. The molecule has 1 heterocycles. The van der Waals surface area contributed by atoms with Gasteiger partial charge in [0.25, 0.3) is 5.91 Å². The molecule has 0 bridgehead atoms. The molecule has 2 atom stereocenters. The van der Waals surface area contributed by atoms with Crippen molar-refractivity contribution in [1.82, 2.24) is 0 Å². The summed E-state index contributed by atoms with van der Waals surface area (Å²) in [5, 5.41) is 12.9. The first kappa shape index (κ1) is 16.2. The molecule has 2 aromatic carbocycles. The molecular formula is C17H17NO3S2. The summed E-state index contributed by atoms with van der Waals surface area (Å²) in [5.41, 5.74) is 1.64. The highest BCUT2D eigenvalue weighted by atomic mass is 32.2. The van der Waals surface area contributed by atoms with Gasteiger partial charge in [-0.15, -0.1) is 23.5 Å². The molecule has 2 N–H and O–H groups in total. The molecule has 6 heteroatoms. The van der Waals surface area contributed by atoms with Crippen molar-refractivity contribution in [3.63, 3.8) is 0 Å². The molecule has 0 fully saturated rings. The number of hydrogen-bond donors (Lipinski definition) is 2. The Bertz CT molecular complexity index is 718. The predicted molar refractivity (Wildman–Crippen MR) is 94.5 cm³/mol. The number of anilines is 1. The van der Waals surface area contributed by atoms with Gasteiger partial charge in [-0.2, -0.15) is 0 Å². The summed E-state index contributed by atoms with van der Waals surface area (Å²) in [6.45, 7) is 0. The van der Waals surface area contributed by atoms with Crippen LogP contribution in [0.15, 0.2) is 52.3 Å². The van der Waals surface area contributed by atoms with Gasteiger partial charge in [-0.3, -0.25) is 4.79 Å². The van der Waals surface area contributed by atoms with Crippen LogP contribution >= 0.6 is 23.5 Å². The summed E-state index contributed by atoms with van der Waals surface area (Å²) < 4.78 is 5.16. The number of rotatable bonds is 3. The molecule has 1 amide bonds. The van der Waals surface area contributed by atoms with E-state index in [4.69, 9.17) is 4.74 Å².